The van der Waals surface area contributed by atoms with Gasteiger partial charge in [0.1, 0.15) is 19.0 Å². The van der Waals surface area contributed by atoms with Crippen LogP contribution in [0.15, 0.2) is 4.79 Å². The van der Waals surface area contributed by atoms with Crippen LogP contribution in [0, 0.1) is 0 Å². The molecule has 0 spiro atoms. The van der Waals surface area contributed by atoms with E-state index < -0.39 is 25.6 Å². The van der Waals surface area contributed by atoms with Gasteiger partial charge < -0.3 is 9.72 Å². The van der Waals surface area contributed by atoms with Gasteiger partial charge in [-0.15, -0.1) is 0 Å². The minimum Gasteiger partial charge on any atom is -0.367 e. The summed E-state index contributed by atoms with van der Waals surface area (Å²) in [6.07, 6.45) is -3.78. The zero-order valence-corrected chi connectivity index (χ0v) is 10.4. The summed E-state index contributed by atoms with van der Waals surface area (Å²) < 4.78 is 53.4. The lowest BCUT2D eigenvalue weighted by molar-refractivity contribution is -0.168. The lowest BCUT2D eigenvalue weighted by Gasteiger charge is -2.14. The number of thioether (sulfide) groups is 1. The molecule has 2 heterocycles. The third-order valence-electron chi connectivity index (χ3n) is 2.49. The Morgan fingerprint density at radius 3 is 2.84 bits per heavy atom. The molecule has 0 aliphatic carbocycles. The van der Waals surface area contributed by atoms with E-state index in [1.165, 1.54) is 11.8 Å². The first kappa shape index (κ1) is 14.3. The Hall–Kier alpha value is -1.09. The maximum Gasteiger partial charge on any atom is 0.330 e. The third-order valence-corrected chi connectivity index (χ3v) is 3.46. The van der Waals surface area contributed by atoms with Gasteiger partial charge >= 0.3 is 12.3 Å². The molecule has 2 rings (SSSR count). The van der Waals surface area contributed by atoms with E-state index in [9.17, 15) is 22.4 Å². The Morgan fingerprint density at radius 2 is 2.16 bits per heavy atom. The second-order valence-electron chi connectivity index (χ2n) is 3.99. The Labute approximate surface area is 109 Å². The first-order valence-electron chi connectivity index (χ1n) is 5.32. The van der Waals surface area contributed by atoms with Crippen LogP contribution >= 0.6 is 11.8 Å². The predicted octanol–water partition coefficient (Wildman–Crippen LogP) is 1.93. The molecule has 0 saturated carbocycles. The van der Waals surface area contributed by atoms with Crippen molar-refractivity contribution in [2.45, 2.75) is 30.5 Å². The highest BCUT2D eigenvalue weighted by Crippen LogP contribution is 2.25. The fraction of sp³-hybridized carbons (Fsp3) is 0.600. The largest absolute Gasteiger partial charge is 0.367 e. The standard InChI is InChI=1S/C10H10F4N2O2S/c11-9(12)10(13,14)4-18-1-7-15-6-3-19-2-5(6)8(17)16-7/h9H,1-4H2,(H,15,16,17). The van der Waals surface area contributed by atoms with E-state index in [0.717, 1.165) is 0 Å². The summed E-state index contributed by atoms with van der Waals surface area (Å²) in [5.74, 6) is -3.01. The highest BCUT2D eigenvalue weighted by Gasteiger charge is 2.41. The molecule has 0 saturated heterocycles. The molecule has 19 heavy (non-hydrogen) atoms. The molecule has 1 aliphatic rings. The number of hydrogen-bond donors (Lipinski definition) is 1. The molecular weight excluding hydrogens is 288 g/mol. The van der Waals surface area contributed by atoms with Crippen molar-refractivity contribution < 1.29 is 22.3 Å². The van der Waals surface area contributed by atoms with Gasteiger partial charge in [0, 0.05) is 17.1 Å². The first-order chi connectivity index (χ1) is 8.90. The van der Waals surface area contributed by atoms with Crippen molar-refractivity contribution in [3.63, 3.8) is 0 Å². The normalized spacial score (nSPS) is 15.0. The van der Waals surface area contributed by atoms with Crippen LogP contribution in [0.1, 0.15) is 17.1 Å². The van der Waals surface area contributed by atoms with Crippen molar-refractivity contribution in [1.82, 2.24) is 9.97 Å². The number of ether oxygens (including phenoxy) is 1. The van der Waals surface area contributed by atoms with Crippen LogP contribution in [0.25, 0.3) is 0 Å². The summed E-state index contributed by atoms with van der Waals surface area (Å²) in [4.78, 5) is 18.0. The smallest absolute Gasteiger partial charge is 0.330 e. The molecule has 0 bridgehead atoms. The number of rotatable bonds is 5. The summed E-state index contributed by atoms with van der Waals surface area (Å²) in [7, 11) is 0. The lowest BCUT2D eigenvalue weighted by Crippen LogP contribution is -2.32. The minimum absolute atomic E-state index is 0.0660. The van der Waals surface area contributed by atoms with Crippen molar-refractivity contribution in [1.29, 1.82) is 0 Å². The molecule has 1 N–H and O–H groups in total. The number of H-pyrrole nitrogens is 1. The Morgan fingerprint density at radius 1 is 1.42 bits per heavy atom. The van der Waals surface area contributed by atoms with Crippen LogP contribution in [0.5, 0.6) is 0 Å². The molecule has 1 aliphatic heterocycles. The summed E-state index contributed by atoms with van der Waals surface area (Å²) in [6, 6.07) is 0. The van der Waals surface area contributed by atoms with E-state index in [-0.39, 0.29) is 11.4 Å². The fourth-order valence-electron chi connectivity index (χ4n) is 1.53. The van der Waals surface area contributed by atoms with Gasteiger partial charge in [-0.3, -0.25) is 4.79 Å². The monoisotopic (exact) mass is 298 g/mol. The number of halogens is 4. The summed E-state index contributed by atoms with van der Waals surface area (Å²) >= 11 is 1.52. The van der Waals surface area contributed by atoms with E-state index in [0.29, 0.717) is 22.8 Å². The molecule has 1 aromatic heterocycles. The molecule has 106 valence electrons. The van der Waals surface area contributed by atoms with Gasteiger partial charge in [0.25, 0.3) is 5.56 Å². The van der Waals surface area contributed by atoms with Gasteiger partial charge in [-0.1, -0.05) is 0 Å². The first-order valence-corrected chi connectivity index (χ1v) is 6.48. The van der Waals surface area contributed by atoms with Gasteiger partial charge in [-0.05, 0) is 0 Å². The minimum atomic E-state index is -4.20. The molecule has 0 radical (unpaired) electrons. The van der Waals surface area contributed by atoms with Crippen LogP contribution in [0.2, 0.25) is 0 Å². The van der Waals surface area contributed by atoms with Crippen LogP contribution in [-0.4, -0.2) is 28.9 Å². The van der Waals surface area contributed by atoms with E-state index in [2.05, 4.69) is 14.7 Å². The maximum absolute atomic E-state index is 12.6. The Bertz CT molecular complexity index is 521. The average Bonchev–Trinajstić information content (AvgIpc) is 2.77. The topological polar surface area (TPSA) is 55.0 Å². The van der Waals surface area contributed by atoms with E-state index in [4.69, 9.17) is 0 Å². The van der Waals surface area contributed by atoms with Crippen molar-refractivity contribution in [2.24, 2.45) is 0 Å². The van der Waals surface area contributed by atoms with Crippen molar-refractivity contribution in [3.05, 3.63) is 27.4 Å². The fourth-order valence-corrected chi connectivity index (χ4v) is 2.57. The highest BCUT2D eigenvalue weighted by molar-refractivity contribution is 7.98. The number of alkyl halides is 4. The van der Waals surface area contributed by atoms with Gasteiger partial charge in [0.2, 0.25) is 0 Å². The Kier molecular flexibility index (Phi) is 4.14. The van der Waals surface area contributed by atoms with Gasteiger partial charge in [-0.25, -0.2) is 13.8 Å². The molecule has 0 amide bonds. The second kappa shape index (κ2) is 5.49. The molecular formula is C10H10F4N2O2S. The Balaban J connectivity index is 1.98. The number of aromatic nitrogens is 2. The maximum atomic E-state index is 12.6. The average molecular weight is 298 g/mol. The molecule has 0 aromatic carbocycles. The summed E-state index contributed by atoms with van der Waals surface area (Å²) in [6.45, 7) is -1.85. The number of hydrogen-bond acceptors (Lipinski definition) is 4. The van der Waals surface area contributed by atoms with Crippen LogP contribution in [0.4, 0.5) is 17.6 Å². The summed E-state index contributed by atoms with van der Waals surface area (Å²) in [5.41, 5.74) is 0.814. The highest BCUT2D eigenvalue weighted by atomic mass is 32.2. The molecule has 0 unspecified atom stereocenters. The number of nitrogens with one attached hydrogen (secondary N) is 1. The van der Waals surface area contributed by atoms with Crippen LogP contribution in [-0.2, 0) is 22.8 Å². The van der Waals surface area contributed by atoms with Gasteiger partial charge in [0.15, 0.2) is 0 Å². The number of nitrogens with zero attached hydrogens (tertiary/aromatic N) is 1. The van der Waals surface area contributed by atoms with E-state index in [1.54, 1.807) is 0 Å². The van der Waals surface area contributed by atoms with Crippen LogP contribution in [0.3, 0.4) is 0 Å². The van der Waals surface area contributed by atoms with Crippen molar-refractivity contribution >= 4 is 11.8 Å². The molecule has 0 atom stereocenters. The van der Waals surface area contributed by atoms with Gasteiger partial charge in [0.05, 0.1) is 5.69 Å². The zero-order valence-electron chi connectivity index (χ0n) is 9.59. The number of aromatic amines is 1. The second-order valence-corrected chi connectivity index (χ2v) is 4.97. The van der Waals surface area contributed by atoms with Gasteiger partial charge in [-0.2, -0.15) is 20.5 Å². The van der Waals surface area contributed by atoms with E-state index >= 15 is 0 Å². The SMILES string of the molecule is O=c1[nH]c(COCC(F)(F)C(F)F)nc2c1CSC2. The quantitative estimate of drug-likeness (QED) is 0.844. The lowest BCUT2D eigenvalue weighted by atomic mass is 10.3. The summed E-state index contributed by atoms with van der Waals surface area (Å²) in [5, 5.41) is 0. The third kappa shape index (κ3) is 3.27. The molecule has 1 aromatic rings. The van der Waals surface area contributed by atoms with Crippen molar-refractivity contribution in [2.75, 3.05) is 6.61 Å². The zero-order chi connectivity index (χ0) is 14.0. The van der Waals surface area contributed by atoms with E-state index in [1.807, 2.05) is 0 Å². The predicted molar refractivity (Wildman–Crippen MR) is 60.5 cm³/mol. The van der Waals surface area contributed by atoms with Crippen molar-refractivity contribution in [3.8, 4) is 0 Å². The molecule has 9 heteroatoms. The molecule has 4 nitrogen and oxygen atoms in total. The number of fused-ring (bicyclic) bond motifs is 1. The molecule has 0 fully saturated rings. The van der Waals surface area contributed by atoms with Crippen LogP contribution < -0.4 is 5.56 Å².